The van der Waals surface area contributed by atoms with Crippen LogP contribution in [0.3, 0.4) is 0 Å². The second kappa shape index (κ2) is 5.03. The summed E-state index contributed by atoms with van der Waals surface area (Å²) in [7, 11) is 0. The number of fused-ring (bicyclic) bond motifs is 1. The molecule has 0 unspecified atom stereocenters. The van der Waals surface area contributed by atoms with Crippen molar-refractivity contribution in [3.05, 3.63) is 0 Å². The first-order valence-corrected chi connectivity index (χ1v) is 7.86. The molecule has 0 radical (unpaired) electrons. The van der Waals surface area contributed by atoms with Crippen molar-refractivity contribution < 1.29 is 9.59 Å². The van der Waals surface area contributed by atoms with E-state index in [2.05, 4.69) is 27.7 Å². The van der Waals surface area contributed by atoms with Gasteiger partial charge in [0, 0.05) is 18.8 Å². The van der Waals surface area contributed by atoms with E-state index in [1.807, 2.05) is 0 Å². The zero-order valence-corrected chi connectivity index (χ0v) is 12.9. The highest BCUT2D eigenvalue weighted by Gasteiger charge is 2.57. The predicted molar refractivity (Wildman–Crippen MR) is 76.8 cm³/mol. The molecule has 0 saturated heterocycles. The van der Waals surface area contributed by atoms with Gasteiger partial charge in [-0.15, -0.1) is 0 Å². The lowest BCUT2D eigenvalue weighted by Gasteiger charge is -2.59. The Labute approximate surface area is 117 Å². The Morgan fingerprint density at radius 1 is 1.32 bits per heavy atom. The smallest absolute Gasteiger partial charge is 0.136 e. The van der Waals surface area contributed by atoms with Crippen LogP contribution in [0.25, 0.3) is 0 Å². The summed E-state index contributed by atoms with van der Waals surface area (Å²) in [6, 6.07) is 0. The highest BCUT2D eigenvalue weighted by molar-refractivity contribution is 5.84. The van der Waals surface area contributed by atoms with Crippen molar-refractivity contribution in [2.75, 3.05) is 0 Å². The van der Waals surface area contributed by atoms with E-state index in [0.29, 0.717) is 30.0 Å². The molecule has 0 aliphatic heterocycles. The zero-order chi connectivity index (χ0) is 14.3. The highest BCUT2D eigenvalue weighted by atomic mass is 16.1. The Balaban J connectivity index is 2.39. The average molecular weight is 264 g/mol. The minimum absolute atomic E-state index is 0.0258. The average Bonchev–Trinajstić information content (AvgIpc) is 2.39. The Morgan fingerprint density at radius 2 is 2.00 bits per heavy atom. The first-order chi connectivity index (χ1) is 8.90. The van der Waals surface area contributed by atoms with E-state index in [4.69, 9.17) is 0 Å². The molecule has 0 aromatic rings. The zero-order valence-electron chi connectivity index (χ0n) is 12.9. The second-order valence-electron chi connectivity index (χ2n) is 7.32. The van der Waals surface area contributed by atoms with Crippen LogP contribution >= 0.6 is 0 Å². The van der Waals surface area contributed by atoms with Gasteiger partial charge in [-0.05, 0) is 41.9 Å². The summed E-state index contributed by atoms with van der Waals surface area (Å²) in [6.07, 6.45) is 6.58. The van der Waals surface area contributed by atoms with E-state index in [0.717, 1.165) is 25.0 Å². The third-order valence-corrected chi connectivity index (χ3v) is 6.79. The van der Waals surface area contributed by atoms with Gasteiger partial charge in [0.2, 0.25) is 0 Å². The number of hydrogen-bond donors (Lipinski definition) is 0. The molecule has 19 heavy (non-hydrogen) atoms. The molecule has 2 nitrogen and oxygen atoms in total. The van der Waals surface area contributed by atoms with Gasteiger partial charge in [-0.3, -0.25) is 4.79 Å². The SMILES string of the molecule is CC[C@@]1(C)[C@H]2CCC(=O)[C@@H](CC=O)[C@]2(C)CC[C@H]1C. The Morgan fingerprint density at radius 3 is 2.58 bits per heavy atom. The number of aldehydes is 1. The van der Waals surface area contributed by atoms with Crippen molar-refractivity contribution in [2.24, 2.45) is 28.6 Å². The monoisotopic (exact) mass is 264 g/mol. The van der Waals surface area contributed by atoms with E-state index < -0.39 is 0 Å². The molecular formula is C17H28O2. The summed E-state index contributed by atoms with van der Waals surface area (Å²) < 4.78 is 0. The van der Waals surface area contributed by atoms with Crippen LogP contribution in [0.2, 0.25) is 0 Å². The summed E-state index contributed by atoms with van der Waals surface area (Å²) in [6.45, 7) is 9.35. The van der Waals surface area contributed by atoms with E-state index in [1.165, 1.54) is 12.8 Å². The maximum atomic E-state index is 12.3. The van der Waals surface area contributed by atoms with Crippen LogP contribution in [0, 0.1) is 28.6 Å². The van der Waals surface area contributed by atoms with Crippen molar-refractivity contribution in [1.82, 2.24) is 0 Å². The fourth-order valence-electron chi connectivity index (χ4n) is 5.13. The molecule has 0 bridgehead atoms. The lowest BCUT2D eigenvalue weighted by molar-refractivity contribution is -0.152. The summed E-state index contributed by atoms with van der Waals surface area (Å²) in [5.74, 6) is 1.62. The number of hydrogen-bond acceptors (Lipinski definition) is 2. The van der Waals surface area contributed by atoms with Crippen LogP contribution in [0.15, 0.2) is 0 Å². The van der Waals surface area contributed by atoms with Gasteiger partial charge in [-0.2, -0.15) is 0 Å². The first kappa shape index (κ1) is 14.7. The van der Waals surface area contributed by atoms with Gasteiger partial charge in [-0.1, -0.05) is 34.1 Å². The minimum atomic E-state index is -0.0258. The molecule has 2 saturated carbocycles. The molecule has 5 atom stereocenters. The lowest BCUT2D eigenvalue weighted by atomic mass is 9.44. The van der Waals surface area contributed by atoms with Crippen LogP contribution < -0.4 is 0 Å². The molecule has 0 aromatic heterocycles. The number of rotatable bonds is 3. The van der Waals surface area contributed by atoms with Crippen LogP contribution in [0.1, 0.15) is 66.2 Å². The molecule has 0 heterocycles. The van der Waals surface area contributed by atoms with Crippen LogP contribution in [-0.2, 0) is 9.59 Å². The highest BCUT2D eigenvalue weighted by Crippen LogP contribution is 2.62. The Kier molecular flexibility index (Phi) is 3.90. The molecule has 0 spiro atoms. The van der Waals surface area contributed by atoms with Crippen molar-refractivity contribution in [1.29, 1.82) is 0 Å². The van der Waals surface area contributed by atoms with E-state index in [1.54, 1.807) is 0 Å². The molecule has 2 aliphatic rings. The van der Waals surface area contributed by atoms with Gasteiger partial charge < -0.3 is 4.79 Å². The molecule has 2 fully saturated rings. The number of ketones is 1. The van der Waals surface area contributed by atoms with E-state index >= 15 is 0 Å². The van der Waals surface area contributed by atoms with Gasteiger partial charge in [-0.25, -0.2) is 0 Å². The van der Waals surface area contributed by atoms with Gasteiger partial charge in [0.15, 0.2) is 0 Å². The summed E-state index contributed by atoms with van der Waals surface area (Å²) in [4.78, 5) is 23.2. The third-order valence-electron chi connectivity index (χ3n) is 6.79. The first-order valence-electron chi connectivity index (χ1n) is 7.86. The van der Waals surface area contributed by atoms with Crippen molar-refractivity contribution >= 4 is 12.1 Å². The summed E-state index contributed by atoms with van der Waals surface area (Å²) >= 11 is 0. The molecule has 2 rings (SSSR count). The second-order valence-corrected chi connectivity index (χ2v) is 7.32. The van der Waals surface area contributed by atoms with Crippen molar-refractivity contribution in [2.45, 2.75) is 66.2 Å². The lowest BCUT2D eigenvalue weighted by Crippen LogP contribution is -2.55. The van der Waals surface area contributed by atoms with Crippen molar-refractivity contribution in [3.63, 3.8) is 0 Å². The standard InChI is InChI=1S/C17H28O2/c1-5-16(3)12(2)8-10-17(4)13(9-11-18)14(19)6-7-15(16)17/h11-13,15H,5-10H2,1-4H3/t12-,13-,15-,16-,17+/m1/s1. The van der Waals surface area contributed by atoms with Crippen LogP contribution in [0.4, 0.5) is 0 Å². The van der Waals surface area contributed by atoms with Crippen LogP contribution in [-0.4, -0.2) is 12.1 Å². The maximum absolute atomic E-state index is 12.3. The molecule has 2 aliphatic carbocycles. The minimum Gasteiger partial charge on any atom is -0.303 e. The van der Waals surface area contributed by atoms with Gasteiger partial charge in [0.1, 0.15) is 12.1 Å². The van der Waals surface area contributed by atoms with E-state index in [-0.39, 0.29) is 11.3 Å². The molecule has 0 amide bonds. The van der Waals surface area contributed by atoms with Gasteiger partial charge in [0.25, 0.3) is 0 Å². The normalized spacial score (nSPS) is 46.7. The van der Waals surface area contributed by atoms with Crippen LogP contribution in [0.5, 0.6) is 0 Å². The molecular weight excluding hydrogens is 236 g/mol. The topological polar surface area (TPSA) is 34.1 Å². The molecule has 2 heteroatoms. The van der Waals surface area contributed by atoms with Gasteiger partial charge in [0.05, 0.1) is 0 Å². The molecule has 0 N–H and O–H groups in total. The molecule has 108 valence electrons. The maximum Gasteiger partial charge on any atom is 0.136 e. The fourth-order valence-corrected chi connectivity index (χ4v) is 5.13. The predicted octanol–water partition coefficient (Wildman–Crippen LogP) is 4.02. The quantitative estimate of drug-likeness (QED) is 0.721. The summed E-state index contributed by atoms with van der Waals surface area (Å²) in [5.41, 5.74) is 0.377. The molecule has 0 aromatic carbocycles. The number of carbonyl (C=O) groups excluding carboxylic acids is 2. The Hall–Kier alpha value is -0.660. The largest absolute Gasteiger partial charge is 0.303 e. The number of Topliss-reactive ketones (excluding diaryl/α,β-unsaturated/α-hetero) is 1. The van der Waals surface area contributed by atoms with Gasteiger partial charge >= 0.3 is 0 Å². The van der Waals surface area contributed by atoms with Crippen molar-refractivity contribution in [3.8, 4) is 0 Å². The Bertz CT molecular complexity index is 375. The van der Waals surface area contributed by atoms with E-state index in [9.17, 15) is 9.59 Å². The fraction of sp³-hybridized carbons (Fsp3) is 0.882. The summed E-state index contributed by atoms with van der Waals surface area (Å²) in [5, 5.41) is 0. The third kappa shape index (κ3) is 2.08. The number of carbonyl (C=O) groups is 2.